The lowest BCUT2D eigenvalue weighted by Crippen LogP contribution is -2.54. The molecule has 5 nitrogen and oxygen atoms in total. The Kier molecular flexibility index (Phi) is 4.73. The predicted molar refractivity (Wildman–Crippen MR) is 80.3 cm³/mol. The van der Waals surface area contributed by atoms with Gasteiger partial charge in [0.25, 0.3) is 0 Å². The monoisotopic (exact) mass is 310 g/mol. The van der Waals surface area contributed by atoms with E-state index in [0.717, 1.165) is 5.56 Å². The van der Waals surface area contributed by atoms with Gasteiger partial charge in [0.05, 0.1) is 12.5 Å². The van der Waals surface area contributed by atoms with E-state index in [1.54, 1.807) is 22.9 Å². The highest BCUT2D eigenvalue weighted by Crippen LogP contribution is 2.28. The molecule has 1 aliphatic rings. The van der Waals surface area contributed by atoms with Crippen LogP contribution in [-0.4, -0.2) is 47.0 Å². The van der Waals surface area contributed by atoms with Gasteiger partial charge in [-0.3, -0.25) is 4.79 Å². The van der Waals surface area contributed by atoms with Gasteiger partial charge < -0.3 is 14.9 Å². The summed E-state index contributed by atoms with van der Waals surface area (Å²) >= 11 is 6.16. The van der Waals surface area contributed by atoms with Crippen molar-refractivity contribution in [2.24, 2.45) is 5.92 Å². The standard InChI is InChI=1S/C15H19ClN2O3/c1-10(12-5-3-4-6-13(12)16)17(2)15(21)18-8-11(9-18)7-14(19)20/h3-6,10-11H,7-9H2,1-2H3,(H,19,20). The topological polar surface area (TPSA) is 60.9 Å². The van der Waals surface area contributed by atoms with Crippen LogP contribution in [0.2, 0.25) is 5.02 Å². The third-order valence-electron chi connectivity index (χ3n) is 3.93. The number of hydrogen-bond donors (Lipinski definition) is 1. The molecule has 114 valence electrons. The molecule has 1 aromatic rings. The lowest BCUT2D eigenvalue weighted by molar-refractivity contribution is -0.139. The molecule has 2 amide bonds. The Bertz CT molecular complexity index is 543. The van der Waals surface area contributed by atoms with E-state index in [-0.39, 0.29) is 24.4 Å². The lowest BCUT2D eigenvalue weighted by Gasteiger charge is -2.42. The van der Waals surface area contributed by atoms with Crippen LogP contribution in [0.25, 0.3) is 0 Å². The fourth-order valence-electron chi connectivity index (χ4n) is 2.51. The average Bonchev–Trinajstić information content (AvgIpc) is 2.40. The number of carbonyl (C=O) groups excluding carboxylic acids is 1. The Balaban J connectivity index is 1.95. The molecular formula is C15H19ClN2O3. The molecule has 0 aromatic heterocycles. The van der Waals surface area contributed by atoms with Crippen molar-refractivity contribution in [2.75, 3.05) is 20.1 Å². The first-order chi connectivity index (χ1) is 9.90. The first-order valence-corrected chi connectivity index (χ1v) is 7.26. The summed E-state index contributed by atoms with van der Waals surface area (Å²) in [6.07, 6.45) is 0.119. The summed E-state index contributed by atoms with van der Waals surface area (Å²) in [4.78, 5) is 26.3. The predicted octanol–water partition coefficient (Wildman–Crippen LogP) is 2.86. The van der Waals surface area contributed by atoms with E-state index in [0.29, 0.717) is 18.1 Å². The van der Waals surface area contributed by atoms with Gasteiger partial charge in [-0.15, -0.1) is 0 Å². The number of benzene rings is 1. The number of amides is 2. The van der Waals surface area contributed by atoms with Crippen molar-refractivity contribution in [1.82, 2.24) is 9.80 Å². The maximum Gasteiger partial charge on any atom is 0.320 e. The van der Waals surface area contributed by atoms with Gasteiger partial charge >= 0.3 is 12.0 Å². The summed E-state index contributed by atoms with van der Waals surface area (Å²) in [5.74, 6) is -0.750. The van der Waals surface area contributed by atoms with Gasteiger partial charge in [-0.25, -0.2) is 4.79 Å². The van der Waals surface area contributed by atoms with Gasteiger partial charge in [0, 0.05) is 31.1 Å². The number of urea groups is 1. The van der Waals surface area contributed by atoms with Gasteiger partial charge in [-0.2, -0.15) is 0 Å². The second-order valence-corrected chi connectivity index (χ2v) is 5.87. The highest BCUT2D eigenvalue weighted by atomic mass is 35.5. The summed E-state index contributed by atoms with van der Waals surface area (Å²) < 4.78 is 0. The van der Waals surface area contributed by atoms with Crippen molar-refractivity contribution in [1.29, 1.82) is 0 Å². The Labute approximate surface area is 129 Å². The highest BCUT2D eigenvalue weighted by Gasteiger charge is 2.34. The van der Waals surface area contributed by atoms with E-state index in [1.165, 1.54) is 0 Å². The number of halogens is 1. The minimum Gasteiger partial charge on any atom is -0.481 e. The minimum absolute atomic E-state index is 0.0652. The first kappa shape index (κ1) is 15.6. The molecule has 1 unspecified atom stereocenters. The van der Waals surface area contributed by atoms with Gasteiger partial charge in [0.2, 0.25) is 0 Å². The van der Waals surface area contributed by atoms with Crippen molar-refractivity contribution >= 4 is 23.6 Å². The molecule has 0 bridgehead atoms. The van der Waals surface area contributed by atoms with Crippen molar-refractivity contribution in [3.63, 3.8) is 0 Å². The molecule has 21 heavy (non-hydrogen) atoms. The normalized spacial score (nSPS) is 16.2. The summed E-state index contributed by atoms with van der Waals surface area (Å²) in [6, 6.07) is 7.22. The molecule has 0 spiro atoms. The molecule has 0 radical (unpaired) electrons. The number of rotatable bonds is 4. The van der Waals surface area contributed by atoms with Gasteiger partial charge in [-0.05, 0) is 18.6 Å². The second kappa shape index (κ2) is 6.35. The summed E-state index contributed by atoms with van der Waals surface area (Å²) in [7, 11) is 1.74. The number of carbonyl (C=O) groups is 2. The Morgan fingerprint density at radius 3 is 2.62 bits per heavy atom. The Morgan fingerprint density at radius 2 is 2.05 bits per heavy atom. The van der Waals surface area contributed by atoms with Crippen LogP contribution in [0.1, 0.15) is 24.9 Å². The molecule has 1 atom stereocenters. The largest absolute Gasteiger partial charge is 0.481 e. The van der Waals surface area contributed by atoms with E-state index in [4.69, 9.17) is 16.7 Å². The molecule has 2 rings (SSSR count). The average molecular weight is 311 g/mol. The third-order valence-corrected chi connectivity index (χ3v) is 4.27. The maximum absolute atomic E-state index is 12.3. The van der Waals surface area contributed by atoms with Crippen LogP contribution in [0.5, 0.6) is 0 Å². The zero-order chi connectivity index (χ0) is 15.6. The molecule has 1 heterocycles. The number of likely N-dealkylation sites (tertiary alicyclic amines) is 1. The van der Waals surface area contributed by atoms with Crippen LogP contribution in [0.4, 0.5) is 4.79 Å². The van der Waals surface area contributed by atoms with Crippen molar-refractivity contribution in [3.05, 3.63) is 34.9 Å². The molecule has 1 saturated heterocycles. The number of carboxylic acid groups (broad SMARTS) is 1. The summed E-state index contributed by atoms with van der Waals surface area (Å²) in [5, 5.41) is 9.36. The van der Waals surface area contributed by atoms with E-state index in [1.807, 2.05) is 25.1 Å². The SMILES string of the molecule is CC(c1ccccc1Cl)N(C)C(=O)N1CC(CC(=O)O)C1. The van der Waals surface area contributed by atoms with Crippen LogP contribution < -0.4 is 0 Å². The van der Waals surface area contributed by atoms with Crippen molar-refractivity contribution in [2.45, 2.75) is 19.4 Å². The van der Waals surface area contributed by atoms with Crippen LogP contribution in [0, 0.1) is 5.92 Å². The van der Waals surface area contributed by atoms with Gasteiger partial charge in [0.1, 0.15) is 0 Å². The smallest absolute Gasteiger partial charge is 0.320 e. The Morgan fingerprint density at radius 1 is 1.43 bits per heavy atom. The zero-order valence-electron chi connectivity index (χ0n) is 12.1. The van der Waals surface area contributed by atoms with Crippen LogP contribution >= 0.6 is 11.6 Å². The molecule has 0 aliphatic carbocycles. The van der Waals surface area contributed by atoms with Crippen LogP contribution in [0.15, 0.2) is 24.3 Å². The van der Waals surface area contributed by atoms with Crippen molar-refractivity contribution in [3.8, 4) is 0 Å². The molecule has 1 N–H and O–H groups in total. The van der Waals surface area contributed by atoms with E-state index >= 15 is 0 Å². The number of carboxylic acids is 1. The molecule has 1 aliphatic heterocycles. The third kappa shape index (κ3) is 3.47. The van der Waals surface area contributed by atoms with E-state index < -0.39 is 5.97 Å². The lowest BCUT2D eigenvalue weighted by atomic mass is 9.97. The number of nitrogens with zero attached hydrogens (tertiary/aromatic N) is 2. The van der Waals surface area contributed by atoms with E-state index in [2.05, 4.69) is 0 Å². The minimum atomic E-state index is -0.815. The van der Waals surface area contributed by atoms with Gasteiger partial charge in [0.15, 0.2) is 0 Å². The first-order valence-electron chi connectivity index (χ1n) is 6.88. The fraction of sp³-hybridized carbons (Fsp3) is 0.467. The zero-order valence-corrected chi connectivity index (χ0v) is 12.9. The fourth-order valence-corrected chi connectivity index (χ4v) is 2.81. The van der Waals surface area contributed by atoms with Gasteiger partial charge in [-0.1, -0.05) is 29.8 Å². The molecule has 0 saturated carbocycles. The Hall–Kier alpha value is -1.75. The molecule has 1 aromatic carbocycles. The number of aliphatic carboxylic acids is 1. The molecular weight excluding hydrogens is 292 g/mol. The number of hydrogen-bond acceptors (Lipinski definition) is 2. The molecule has 6 heteroatoms. The summed E-state index contributed by atoms with van der Waals surface area (Å²) in [6.45, 7) is 2.93. The van der Waals surface area contributed by atoms with E-state index in [9.17, 15) is 9.59 Å². The van der Waals surface area contributed by atoms with Crippen LogP contribution in [0.3, 0.4) is 0 Å². The second-order valence-electron chi connectivity index (χ2n) is 5.46. The quantitative estimate of drug-likeness (QED) is 0.930. The highest BCUT2D eigenvalue weighted by molar-refractivity contribution is 6.31. The summed E-state index contributed by atoms with van der Waals surface area (Å²) in [5.41, 5.74) is 0.901. The van der Waals surface area contributed by atoms with Crippen LogP contribution in [-0.2, 0) is 4.79 Å². The maximum atomic E-state index is 12.3. The molecule has 1 fully saturated rings. The van der Waals surface area contributed by atoms with Crippen molar-refractivity contribution < 1.29 is 14.7 Å².